The first-order chi connectivity index (χ1) is 7.69. The summed E-state index contributed by atoms with van der Waals surface area (Å²) in [5, 5.41) is 11.7. The Morgan fingerprint density at radius 3 is 2.81 bits per heavy atom. The smallest absolute Gasteiger partial charge is 0.223 e. The van der Waals surface area contributed by atoms with Crippen LogP contribution in [0, 0.1) is 11.8 Å². The van der Waals surface area contributed by atoms with Crippen molar-refractivity contribution in [3.63, 3.8) is 0 Å². The lowest BCUT2D eigenvalue weighted by Crippen LogP contribution is -2.43. The molecule has 0 aromatic heterocycles. The van der Waals surface area contributed by atoms with E-state index >= 15 is 0 Å². The molecule has 4 N–H and O–H groups in total. The van der Waals surface area contributed by atoms with Crippen LogP contribution in [-0.4, -0.2) is 30.2 Å². The van der Waals surface area contributed by atoms with Crippen molar-refractivity contribution in [3.05, 3.63) is 0 Å². The van der Waals surface area contributed by atoms with Gasteiger partial charge < -0.3 is 16.2 Å². The molecule has 1 amide bonds. The Kier molecular flexibility index (Phi) is 5.77. The van der Waals surface area contributed by atoms with Gasteiger partial charge in [0.25, 0.3) is 0 Å². The van der Waals surface area contributed by atoms with Crippen LogP contribution in [0.2, 0.25) is 0 Å². The fourth-order valence-corrected chi connectivity index (χ4v) is 2.45. The van der Waals surface area contributed by atoms with E-state index in [0.717, 1.165) is 19.3 Å². The number of hydrogen-bond donors (Lipinski definition) is 3. The van der Waals surface area contributed by atoms with Crippen molar-refractivity contribution in [2.24, 2.45) is 17.6 Å². The highest BCUT2D eigenvalue weighted by Crippen LogP contribution is 2.29. The van der Waals surface area contributed by atoms with Crippen LogP contribution in [0.1, 0.15) is 39.0 Å². The Morgan fingerprint density at radius 1 is 1.50 bits per heavy atom. The van der Waals surface area contributed by atoms with E-state index in [1.807, 2.05) is 6.92 Å². The quantitative estimate of drug-likeness (QED) is 0.646. The van der Waals surface area contributed by atoms with E-state index in [0.29, 0.717) is 18.9 Å². The summed E-state index contributed by atoms with van der Waals surface area (Å²) in [6.45, 7) is 2.65. The van der Waals surface area contributed by atoms with Gasteiger partial charge in [-0.2, -0.15) is 0 Å². The van der Waals surface area contributed by atoms with Crippen LogP contribution in [0.25, 0.3) is 0 Å². The summed E-state index contributed by atoms with van der Waals surface area (Å²) in [5.41, 5.74) is 5.70. The lowest BCUT2D eigenvalue weighted by Gasteiger charge is -2.30. The van der Waals surface area contributed by atoms with Crippen LogP contribution in [0.15, 0.2) is 0 Å². The van der Waals surface area contributed by atoms with Gasteiger partial charge in [0.1, 0.15) is 0 Å². The van der Waals surface area contributed by atoms with Crippen molar-refractivity contribution in [1.82, 2.24) is 5.32 Å². The van der Waals surface area contributed by atoms with Gasteiger partial charge in [0.05, 0.1) is 0 Å². The van der Waals surface area contributed by atoms with Crippen molar-refractivity contribution in [2.75, 3.05) is 13.2 Å². The number of amides is 1. The normalized spacial score (nSPS) is 27.4. The van der Waals surface area contributed by atoms with Crippen LogP contribution >= 0.6 is 0 Å². The molecule has 94 valence electrons. The number of rotatable bonds is 5. The largest absolute Gasteiger partial charge is 0.396 e. The van der Waals surface area contributed by atoms with E-state index in [2.05, 4.69) is 5.32 Å². The minimum Gasteiger partial charge on any atom is -0.396 e. The summed E-state index contributed by atoms with van der Waals surface area (Å²) in [6, 6.07) is 0.0536. The van der Waals surface area contributed by atoms with Gasteiger partial charge >= 0.3 is 0 Å². The molecule has 0 aliphatic heterocycles. The Hall–Kier alpha value is -0.610. The Labute approximate surface area is 97.6 Å². The third-order valence-corrected chi connectivity index (χ3v) is 3.50. The van der Waals surface area contributed by atoms with Crippen LogP contribution in [0.3, 0.4) is 0 Å². The number of nitrogens with one attached hydrogen (secondary N) is 1. The van der Waals surface area contributed by atoms with Gasteiger partial charge in [0.15, 0.2) is 0 Å². The van der Waals surface area contributed by atoms with Gasteiger partial charge in [-0.25, -0.2) is 0 Å². The van der Waals surface area contributed by atoms with Gasteiger partial charge in [0.2, 0.25) is 5.91 Å². The van der Waals surface area contributed by atoms with Gasteiger partial charge in [-0.1, -0.05) is 12.8 Å². The first kappa shape index (κ1) is 13.5. The summed E-state index contributed by atoms with van der Waals surface area (Å²) in [5.74, 6) is 0.547. The highest BCUT2D eigenvalue weighted by molar-refractivity contribution is 5.79. The van der Waals surface area contributed by atoms with Gasteiger partial charge in [-0.3, -0.25) is 4.79 Å². The number of carbonyl (C=O) groups excluding carboxylic acids is 1. The van der Waals surface area contributed by atoms with Crippen molar-refractivity contribution < 1.29 is 9.90 Å². The molecule has 16 heavy (non-hydrogen) atoms. The minimum atomic E-state index is 0.0536. The number of nitrogens with two attached hydrogens (primary N) is 1. The zero-order valence-electron chi connectivity index (χ0n) is 10.1. The number of aliphatic hydroxyl groups excluding tert-OH is 1. The average Bonchev–Trinajstić information content (AvgIpc) is 2.29. The predicted molar refractivity (Wildman–Crippen MR) is 63.8 cm³/mol. The minimum absolute atomic E-state index is 0.0536. The third kappa shape index (κ3) is 3.76. The summed E-state index contributed by atoms with van der Waals surface area (Å²) in [4.78, 5) is 12.0. The van der Waals surface area contributed by atoms with E-state index in [1.54, 1.807) is 0 Å². The summed E-state index contributed by atoms with van der Waals surface area (Å²) in [6.07, 6.45) is 4.97. The molecule has 1 aliphatic rings. The molecule has 3 atom stereocenters. The molecule has 1 rings (SSSR count). The van der Waals surface area contributed by atoms with Gasteiger partial charge in [0, 0.05) is 18.6 Å². The monoisotopic (exact) mass is 228 g/mol. The topological polar surface area (TPSA) is 75.3 Å². The van der Waals surface area contributed by atoms with Crippen LogP contribution < -0.4 is 11.1 Å². The molecule has 4 heteroatoms. The number of carbonyl (C=O) groups is 1. The maximum Gasteiger partial charge on any atom is 0.223 e. The zero-order valence-corrected chi connectivity index (χ0v) is 10.1. The third-order valence-electron chi connectivity index (χ3n) is 3.50. The molecular weight excluding hydrogens is 204 g/mol. The molecule has 0 radical (unpaired) electrons. The lowest BCUT2D eigenvalue weighted by molar-refractivity contribution is -0.128. The second kappa shape index (κ2) is 6.86. The van der Waals surface area contributed by atoms with Crippen molar-refractivity contribution in [1.29, 1.82) is 0 Å². The number of hydrogen-bond acceptors (Lipinski definition) is 3. The molecular formula is C12H24N2O2. The Balaban J connectivity index is 2.44. The predicted octanol–water partition coefficient (Wildman–Crippen LogP) is 0.639. The molecule has 0 spiro atoms. The van der Waals surface area contributed by atoms with E-state index < -0.39 is 0 Å². The molecule has 1 fully saturated rings. The van der Waals surface area contributed by atoms with Gasteiger partial charge in [-0.05, 0) is 38.6 Å². The van der Waals surface area contributed by atoms with Crippen LogP contribution in [0.4, 0.5) is 0 Å². The maximum absolute atomic E-state index is 12.0. The van der Waals surface area contributed by atoms with Gasteiger partial charge in [-0.15, -0.1) is 0 Å². The molecule has 4 nitrogen and oxygen atoms in total. The molecule has 0 aromatic rings. The van der Waals surface area contributed by atoms with E-state index in [-0.39, 0.29) is 24.5 Å². The fraction of sp³-hybridized carbons (Fsp3) is 0.917. The van der Waals surface area contributed by atoms with Crippen LogP contribution in [-0.2, 0) is 4.79 Å². The van der Waals surface area contributed by atoms with E-state index in [9.17, 15) is 4.79 Å². The van der Waals surface area contributed by atoms with Crippen LogP contribution in [0.5, 0.6) is 0 Å². The molecule has 0 heterocycles. The zero-order chi connectivity index (χ0) is 12.0. The lowest BCUT2D eigenvalue weighted by atomic mass is 9.78. The van der Waals surface area contributed by atoms with E-state index in [4.69, 9.17) is 10.8 Å². The fourth-order valence-electron chi connectivity index (χ4n) is 2.45. The average molecular weight is 228 g/mol. The highest BCUT2D eigenvalue weighted by Gasteiger charge is 2.30. The standard InChI is InChI=1S/C12H24N2O2/c1-9(6-7-15)14-12(16)11-5-3-2-4-10(11)8-13/h9-11,15H,2-8,13H2,1H3,(H,14,16). The second-order valence-electron chi connectivity index (χ2n) is 4.81. The van der Waals surface area contributed by atoms with Crippen molar-refractivity contribution >= 4 is 5.91 Å². The Morgan fingerprint density at radius 2 is 2.19 bits per heavy atom. The molecule has 0 saturated heterocycles. The highest BCUT2D eigenvalue weighted by atomic mass is 16.3. The first-order valence-electron chi connectivity index (χ1n) is 6.30. The first-order valence-corrected chi connectivity index (χ1v) is 6.30. The Bertz CT molecular complexity index is 221. The summed E-state index contributed by atoms with van der Waals surface area (Å²) < 4.78 is 0. The summed E-state index contributed by atoms with van der Waals surface area (Å²) >= 11 is 0. The maximum atomic E-state index is 12.0. The molecule has 0 bridgehead atoms. The molecule has 3 unspecified atom stereocenters. The van der Waals surface area contributed by atoms with Crippen molar-refractivity contribution in [2.45, 2.75) is 45.1 Å². The second-order valence-corrected chi connectivity index (χ2v) is 4.81. The number of aliphatic hydroxyl groups is 1. The molecule has 0 aromatic carbocycles. The van der Waals surface area contributed by atoms with Crippen molar-refractivity contribution in [3.8, 4) is 0 Å². The SMILES string of the molecule is CC(CCO)NC(=O)C1CCCCC1CN. The molecule has 1 saturated carbocycles. The molecule has 1 aliphatic carbocycles. The van der Waals surface area contributed by atoms with E-state index in [1.165, 1.54) is 6.42 Å². The summed E-state index contributed by atoms with van der Waals surface area (Å²) in [7, 11) is 0.